The Labute approximate surface area is 91.0 Å². The second-order valence-corrected chi connectivity index (χ2v) is 3.69. The second kappa shape index (κ2) is 8.64. The average Bonchev–Trinajstić information content (AvgIpc) is 2.22. The van der Waals surface area contributed by atoms with Crippen molar-refractivity contribution in [3.63, 3.8) is 0 Å². The van der Waals surface area contributed by atoms with E-state index >= 15 is 0 Å². The molecule has 0 aliphatic carbocycles. The van der Waals surface area contributed by atoms with Gasteiger partial charge in [0, 0.05) is 19.6 Å². The van der Waals surface area contributed by atoms with E-state index in [-0.39, 0.29) is 25.0 Å². The van der Waals surface area contributed by atoms with Gasteiger partial charge in [0.25, 0.3) is 0 Å². The van der Waals surface area contributed by atoms with E-state index in [0.717, 1.165) is 12.8 Å². The molecule has 0 saturated heterocycles. The maximum absolute atomic E-state index is 11.5. The fourth-order valence-corrected chi connectivity index (χ4v) is 1.20. The minimum atomic E-state index is -0.638. The van der Waals surface area contributed by atoms with Crippen molar-refractivity contribution in [3.05, 3.63) is 0 Å². The fraction of sp³-hybridized carbons (Fsp3) is 0.900. The molecule has 0 fully saturated rings. The molecule has 90 valence electrons. The smallest absolute Gasteiger partial charge is 0.222 e. The first-order chi connectivity index (χ1) is 7.11. The van der Waals surface area contributed by atoms with E-state index in [1.165, 1.54) is 7.11 Å². The third-order valence-corrected chi connectivity index (χ3v) is 2.16. The topological polar surface area (TPSA) is 84.6 Å². The van der Waals surface area contributed by atoms with E-state index in [4.69, 9.17) is 10.5 Å². The third-order valence-electron chi connectivity index (χ3n) is 2.16. The lowest BCUT2D eigenvalue weighted by Crippen LogP contribution is -2.37. The van der Waals surface area contributed by atoms with Crippen molar-refractivity contribution in [2.24, 2.45) is 11.7 Å². The summed E-state index contributed by atoms with van der Waals surface area (Å²) in [6, 6.07) is 0. The Morgan fingerprint density at radius 3 is 2.80 bits per heavy atom. The van der Waals surface area contributed by atoms with Crippen LogP contribution in [0.1, 0.15) is 19.8 Å². The number of ether oxygens (including phenoxy) is 1. The molecule has 5 nitrogen and oxygen atoms in total. The number of carbonyl (C=O) groups is 1. The van der Waals surface area contributed by atoms with Gasteiger partial charge in [-0.1, -0.05) is 6.92 Å². The van der Waals surface area contributed by atoms with Gasteiger partial charge < -0.3 is 20.9 Å². The molecular formula is C10H22N2O3. The summed E-state index contributed by atoms with van der Waals surface area (Å²) in [4.78, 5) is 11.5. The van der Waals surface area contributed by atoms with Crippen LogP contribution in [0.2, 0.25) is 0 Å². The van der Waals surface area contributed by atoms with E-state index in [9.17, 15) is 9.90 Å². The summed E-state index contributed by atoms with van der Waals surface area (Å²) in [7, 11) is 1.51. The number of methoxy groups -OCH3 is 1. The SMILES string of the molecule is COCC(O)CNC(=O)C(C)CCCN. The van der Waals surface area contributed by atoms with Crippen molar-refractivity contribution in [1.82, 2.24) is 5.32 Å². The molecule has 0 saturated carbocycles. The predicted octanol–water partition coefficient (Wildman–Crippen LogP) is -0.515. The molecule has 5 heteroatoms. The number of nitrogens with two attached hydrogens (primary N) is 1. The number of amides is 1. The number of aliphatic hydroxyl groups is 1. The number of hydrogen-bond donors (Lipinski definition) is 3. The number of rotatable bonds is 8. The number of hydrogen-bond acceptors (Lipinski definition) is 4. The molecule has 0 aliphatic rings. The summed E-state index contributed by atoms with van der Waals surface area (Å²) in [5, 5.41) is 12.0. The van der Waals surface area contributed by atoms with E-state index in [1.54, 1.807) is 0 Å². The molecule has 0 aromatic rings. The van der Waals surface area contributed by atoms with E-state index < -0.39 is 6.10 Å². The Balaban J connectivity index is 3.63. The van der Waals surface area contributed by atoms with Gasteiger partial charge in [-0.15, -0.1) is 0 Å². The number of aliphatic hydroxyl groups excluding tert-OH is 1. The molecule has 0 spiro atoms. The maximum Gasteiger partial charge on any atom is 0.222 e. The molecular weight excluding hydrogens is 196 g/mol. The van der Waals surface area contributed by atoms with Gasteiger partial charge in [0.05, 0.1) is 12.7 Å². The Morgan fingerprint density at radius 1 is 1.60 bits per heavy atom. The molecule has 0 rings (SSSR count). The highest BCUT2D eigenvalue weighted by Gasteiger charge is 2.13. The van der Waals surface area contributed by atoms with E-state index in [1.807, 2.05) is 6.92 Å². The lowest BCUT2D eigenvalue weighted by atomic mass is 10.0. The Hall–Kier alpha value is -0.650. The monoisotopic (exact) mass is 218 g/mol. The Bertz CT molecular complexity index is 176. The maximum atomic E-state index is 11.5. The van der Waals surface area contributed by atoms with Crippen LogP contribution in [0.5, 0.6) is 0 Å². The first-order valence-corrected chi connectivity index (χ1v) is 5.26. The number of nitrogens with one attached hydrogen (secondary N) is 1. The van der Waals surface area contributed by atoms with Gasteiger partial charge in [-0.3, -0.25) is 4.79 Å². The van der Waals surface area contributed by atoms with E-state index in [2.05, 4.69) is 5.32 Å². The van der Waals surface area contributed by atoms with Crippen LogP contribution in [0.3, 0.4) is 0 Å². The van der Waals surface area contributed by atoms with Crippen molar-refractivity contribution < 1.29 is 14.6 Å². The number of carbonyl (C=O) groups excluding carboxylic acids is 1. The average molecular weight is 218 g/mol. The van der Waals surface area contributed by atoms with Crippen molar-refractivity contribution >= 4 is 5.91 Å². The van der Waals surface area contributed by atoms with Gasteiger partial charge in [-0.2, -0.15) is 0 Å². The molecule has 0 heterocycles. The van der Waals surface area contributed by atoms with Crippen molar-refractivity contribution in [1.29, 1.82) is 0 Å². The van der Waals surface area contributed by atoms with Crippen LogP contribution >= 0.6 is 0 Å². The highest BCUT2D eigenvalue weighted by molar-refractivity contribution is 5.78. The molecule has 0 aliphatic heterocycles. The molecule has 2 atom stereocenters. The predicted molar refractivity (Wildman–Crippen MR) is 58.3 cm³/mol. The molecule has 0 radical (unpaired) electrons. The normalized spacial score (nSPS) is 14.7. The van der Waals surface area contributed by atoms with Crippen molar-refractivity contribution in [2.45, 2.75) is 25.9 Å². The van der Waals surface area contributed by atoms with Crippen LogP contribution in [0, 0.1) is 5.92 Å². The zero-order valence-electron chi connectivity index (χ0n) is 9.53. The van der Waals surface area contributed by atoms with Gasteiger partial charge in [0.2, 0.25) is 5.91 Å². The minimum Gasteiger partial charge on any atom is -0.389 e. The Kier molecular flexibility index (Phi) is 8.27. The summed E-state index contributed by atoms with van der Waals surface area (Å²) in [6.07, 6.45) is 0.985. The van der Waals surface area contributed by atoms with Crippen molar-refractivity contribution in [3.8, 4) is 0 Å². The minimum absolute atomic E-state index is 0.0430. The third kappa shape index (κ3) is 7.30. The summed E-state index contributed by atoms with van der Waals surface area (Å²) < 4.78 is 4.74. The lowest BCUT2D eigenvalue weighted by molar-refractivity contribution is -0.125. The van der Waals surface area contributed by atoms with Gasteiger partial charge in [0.15, 0.2) is 0 Å². The first kappa shape index (κ1) is 14.3. The molecule has 0 bridgehead atoms. The standard InChI is InChI=1S/C10H22N2O3/c1-8(4-3-5-11)10(14)12-6-9(13)7-15-2/h8-9,13H,3-7,11H2,1-2H3,(H,12,14). The summed E-state index contributed by atoms with van der Waals surface area (Å²) >= 11 is 0. The zero-order valence-corrected chi connectivity index (χ0v) is 9.53. The summed E-state index contributed by atoms with van der Waals surface area (Å²) in [6.45, 7) is 2.93. The molecule has 1 amide bonds. The van der Waals surface area contributed by atoms with Gasteiger partial charge in [-0.05, 0) is 19.4 Å². The quantitative estimate of drug-likeness (QED) is 0.512. The van der Waals surface area contributed by atoms with Crippen LogP contribution in [0.4, 0.5) is 0 Å². The van der Waals surface area contributed by atoms with Gasteiger partial charge in [-0.25, -0.2) is 0 Å². The van der Waals surface area contributed by atoms with E-state index in [0.29, 0.717) is 6.54 Å². The lowest BCUT2D eigenvalue weighted by Gasteiger charge is -2.14. The molecule has 2 unspecified atom stereocenters. The largest absolute Gasteiger partial charge is 0.389 e. The first-order valence-electron chi connectivity index (χ1n) is 5.26. The van der Waals surface area contributed by atoms with Crippen LogP contribution in [0.15, 0.2) is 0 Å². The van der Waals surface area contributed by atoms with Crippen LogP contribution in [-0.4, -0.2) is 43.9 Å². The second-order valence-electron chi connectivity index (χ2n) is 3.69. The molecule has 0 aromatic carbocycles. The molecule has 0 aromatic heterocycles. The highest BCUT2D eigenvalue weighted by Crippen LogP contribution is 2.04. The van der Waals surface area contributed by atoms with Crippen LogP contribution in [0.25, 0.3) is 0 Å². The zero-order chi connectivity index (χ0) is 11.7. The van der Waals surface area contributed by atoms with Gasteiger partial charge in [0.1, 0.15) is 0 Å². The van der Waals surface area contributed by atoms with Gasteiger partial charge >= 0.3 is 0 Å². The summed E-state index contributed by atoms with van der Waals surface area (Å²) in [5.74, 6) is -0.0955. The van der Waals surface area contributed by atoms with Crippen LogP contribution in [-0.2, 0) is 9.53 Å². The highest BCUT2D eigenvalue weighted by atomic mass is 16.5. The fourth-order valence-electron chi connectivity index (χ4n) is 1.20. The van der Waals surface area contributed by atoms with Crippen molar-refractivity contribution in [2.75, 3.05) is 26.8 Å². The molecule has 4 N–H and O–H groups in total. The Morgan fingerprint density at radius 2 is 2.27 bits per heavy atom. The molecule has 15 heavy (non-hydrogen) atoms. The van der Waals surface area contributed by atoms with Crippen LogP contribution < -0.4 is 11.1 Å². The summed E-state index contributed by atoms with van der Waals surface area (Å²) in [5.41, 5.74) is 5.35.